The fourth-order valence-corrected chi connectivity index (χ4v) is 6.56. The van der Waals surface area contributed by atoms with Crippen molar-refractivity contribution in [3.8, 4) is 0 Å². The van der Waals surface area contributed by atoms with Crippen LogP contribution >= 0.6 is 0 Å². The highest BCUT2D eigenvalue weighted by atomic mass is 15.5. The Morgan fingerprint density at radius 2 is 1.39 bits per heavy atom. The average molecular weight is 433 g/mol. The molecule has 1 saturated carbocycles. The van der Waals surface area contributed by atoms with Gasteiger partial charge in [-0.3, -0.25) is 0 Å². The van der Waals surface area contributed by atoms with Crippen molar-refractivity contribution in [2.75, 3.05) is 4.90 Å². The molecular weight excluding hydrogens is 400 g/mol. The van der Waals surface area contributed by atoms with Crippen LogP contribution in [0.3, 0.4) is 0 Å². The molecule has 0 radical (unpaired) electrons. The molecule has 2 unspecified atom stereocenters. The topological polar surface area (TPSA) is 6.48 Å². The van der Waals surface area contributed by atoms with Crippen LogP contribution in [0.1, 0.15) is 55.5 Å². The number of fused-ring (bicyclic) bond motifs is 1. The fourth-order valence-electron chi connectivity index (χ4n) is 6.56. The van der Waals surface area contributed by atoms with Crippen molar-refractivity contribution in [2.24, 2.45) is 5.92 Å². The smallest absolute Gasteiger partial charge is 0.133 e. The molecule has 2 aliphatic heterocycles. The zero-order valence-corrected chi connectivity index (χ0v) is 19.6. The molecule has 2 heteroatoms. The summed E-state index contributed by atoms with van der Waals surface area (Å²) in [5.74, 6) is 0.615. The Morgan fingerprint density at radius 3 is 2.09 bits per heavy atom. The minimum absolute atomic E-state index is 0.119. The third-order valence-corrected chi connectivity index (χ3v) is 8.06. The Labute approximate surface area is 197 Å². The maximum atomic E-state index is 2.76. The van der Waals surface area contributed by atoms with Crippen LogP contribution in [0, 0.1) is 12.8 Å². The summed E-state index contributed by atoms with van der Waals surface area (Å²) < 4.78 is 0. The lowest BCUT2D eigenvalue weighted by Gasteiger charge is -2.48. The molecule has 0 spiro atoms. The van der Waals surface area contributed by atoms with Crippen molar-refractivity contribution in [3.05, 3.63) is 125 Å². The predicted molar refractivity (Wildman–Crippen MR) is 137 cm³/mol. The van der Waals surface area contributed by atoms with Gasteiger partial charge in [0.2, 0.25) is 0 Å². The summed E-state index contributed by atoms with van der Waals surface area (Å²) in [5.41, 5.74) is 7.96. The van der Waals surface area contributed by atoms with Crippen molar-refractivity contribution in [1.29, 1.82) is 0 Å². The molecule has 3 aliphatic rings. The van der Waals surface area contributed by atoms with Gasteiger partial charge in [0.1, 0.15) is 6.17 Å². The van der Waals surface area contributed by atoms with Crippen molar-refractivity contribution in [3.63, 3.8) is 0 Å². The summed E-state index contributed by atoms with van der Waals surface area (Å²) in [6, 6.07) is 31.2. The van der Waals surface area contributed by atoms with Crippen molar-refractivity contribution < 1.29 is 0 Å². The third-order valence-electron chi connectivity index (χ3n) is 8.06. The van der Waals surface area contributed by atoms with E-state index in [1.165, 1.54) is 59.5 Å². The van der Waals surface area contributed by atoms with Gasteiger partial charge in [0.05, 0.1) is 11.2 Å². The van der Waals surface area contributed by atoms with Crippen LogP contribution in [0.25, 0.3) is 0 Å². The summed E-state index contributed by atoms with van der Waals surface area (Å²) in [6.45, 7) is 4.54. The highest BCUT2D eigenvalue weighted by Crippen LogP contribution is 2.58. The first-order valence-corrected chi connectivity index (χ1v) is 12.4. The maximum absolute atomic E-state index is 2.76. The summed E-state index contributed by atoms with van der Waals surface area (Å²) in [5, 5.41) is 0. The standard InChI is InChI=1S/C31H32N2/c1-23-13-9-12-20-28(23)32-24(2)29-21-22-31(27-18-10-11-19-27,26-16-7-4-8-17-26)33(29)30(32)25-14-5-3-6-15-25/h3-9,12-17,20-22,27,30H,10-11,18-19H2,1-2H3. The van der Waals surface area contributed by atoms with Gasteiger partial charge in [-0.2, -0.15) is 0 Å². The summed E-state index contributed by atoms with van der Waals surface area (Å²) >= 11 is 0. The largest absolute Gasteiger partial charge is 0.332 e. The first kappa shape index (κ1) is 20.4. The molecule has 0 saturated heterocycles. The molecular formula is C31H32N2. The Bertz CT molecular complexity index is 1200. The number of anilines is 1. The second-order valence-electron chi connectivity index (χ2n) is 9.79. The molecule has 2 heterocycles. The number of allylic oxidation sites excluding steroid dienone is 2. The van der Waals surface area contributed by atoms with Gasteiger partial charge in [0.15, 0.2) is 0 Å². The number of hydrogen-bond donors (Lipinski definition) is 0. The fraction of sp³-hybridized carbons (Fsp3) is 0.290. The number of hydrogen-bond acceptors (Lipinski definition) is 2. The van der Waals surface area contributed by atoms with E-state index in [0.29, 0.717) is 5.92 Å². The van der Waals surface area contributed by atoms with Gasteiger partial charge in [0, 0.05) is 11.4 Å². The molecule has 3 aromatic rings. The molecule has 1 fully saturated rings. The third kappa shape index (κ3) is 3.00. The Balaban J connectivity index is 1.60. The molecule has 0 amide bonds. The van der Waals surface area contributed by atoms with Crippen LogP contribution in [0.15, 0.2) is 108 Å². The minimum atomic E-state index is -0.119. The molecule has 0 bridgehead atoms. The number of benzene rings is 3. The van der Waals surface area contributed by atoms with E-state index in [0.717, 1.165) is 0 Å². The molecule has 0 aromatic heterocycles. The highest BCUT2D eigenvalue weighted by Gasteiger charge is 2.55. The first-order chi connectivity index (χ1) is 16.2. The lowest BCUT2D eigenvalue weighted by Crippen LogP contribution is -2.48. The van der Waals surface area contributed by atoms with E-state index in [2.05, 4.69) is 121 Å². The number of para-hydroxylation sites is 1. The van der Waals surface area contributed by atoms with Crippen LogP contribution in [-0.4, -0.2) is 4.90 Å². The van der Waals surface area contributed by atoms with Crippen molar-refractivity contribution >= 4 is 5.69 Å². The van der Waals surface area contributed by atoms with Gasteiger partial charge >= 0.3 is 0 Å². The molecule has 0 N–H and O–H groups in total. The van der Waals surface area contributed by atoms with Crippen molar-refractivity contribution in [2.45, 2.75) is 51.2 Å². The average Bonchev–Trinajstić information content (AvgIpc) is 3.58. The Kier molecular flexibility index (Phi) is 4.90. The number of nitrogens with zero attached hydrogens (tertiary/aromatic N) is 2. The number of rotatable bonds is 4. The Morgan fingerprint density at radius 1 is 0.758 bits per heavy atom. The van der Waals surface area contributed by atoms with Crippen LogP contribution in [0.4, 0.5) is 5.69 Å². The van der Waals surface area contributed by atoms with E-state index in [-0.39, 0.29) is 11.7 Å². The van der Waals surface area contributed by atoms with E-state index < -0.39 is 0 Å². The molecule has 33 heavy (non-hydrogen) atoms. The second kappa shape index (κ2) is 7.95. The monoisotopic (exact) mass is 432 g/mol. The second-order valence-corrected chi connectivity index (χ2v) is 9.79. The van der Waals surface area contributed by atoms with Gasteiger partial charge in [-0.1, -0.05) is 97.8 Å². The normalized spacial score (nSPS) is 24.7. The van der Waals surface area contributed by atoms with Crippen molar-refractivity contribution in [1.82, 2.24) is 4.90 Å². The lowest BCUT2D eigenvalue weighted by atomic mass is 9.76. The first-order valence-electron chi connectivity index (χ1n) is 12.4. The molecule has 1 aliphatic carbocycles. The van der Waals surface area contributed by atoms with E-state index in [1.807, 2.05) is 0 Å². The van der Waals surface area contributed by atoms with Crippen LogP contribution in [0.2, 0.25) is 0 Å². The highest BCUT2D eigenvalue weighted by molar-refractivity contribution is 5.65. The van der Waals surface area contributed by atoms with E-state index in [9.17, 15) is 0 Å². The van der Waals surface area contributed by atoms with E-state index in [1.54, 1.807) is 0 Å². The summed E-state index contributed by atoms with van der Waals surface area (Å²) in [4.78, 5) is 5.34. The molecule has 2 atom stereocenters. The van der Waals surface area contributed by atoms with Gasteiger partial charge in [0.25, 0.3) is 0 Å². The molecule has 166 valence electrons. The van der Waals surface area contributed by atoms with E-state index >= 15 is 0 Å². The van der Waals surface area contributed by atoms with Gasteiger partial charge in [-0.15, -0.1) is 0 Å². The van der Waals surface area contributed by atoms with Gasteiger partial charge < -0.3 is 9.80 Å². The summed E-state index contributed by atoms with van der Waals surface area (Å²) in [6.07, 6.45) is 10.3. The molecule has 2 nitrogen and oxygen atoms in total. The van der Waals surface area contributed by atoms with Gasteiger partial charge in [-0.25, -0.2) is 0 Å². The minimum Gasteiger partial charge on any atom is -0.332 e. The number of aryl methyl sites for hydroxylation is 1. The quantitative estimate of drug-likeness (QED) is 0.417. The molecule has 3 aromatic carbocycles. The molecule has 6 rings (SSSR count). The van der Waals surface area contributed by atoms with E-state index in [4.69, 9.17) is 0 Å². The zero-order chi connectivity index (χ0) is 22.4. The lowest BCUT2D eigenvalue weighted by molar-refractivity contribution is 0.0932. The SMILES string of the molecule is CC1=C2C=CC(c3ccccc3)(C3CCCC3)N2C(c2ccccc2)N1c1ccccc1C. The maximum Gasteiger partial charge on any atom is 0.133 e. The van der Waals surface area contributed by atoms with Gasteiger partial charge in [-0.05, 0) is 61.4 Å². The zero-order valence-electron chi connectivity index (χ0n) is 19.6. The van der Waals surface area contributed by atoms with Crippen LogP contribution in [0.5, 0.6) is 0 Å². The predicted octanol–water partition coefficient (Wildman–Crippen LogP) is 7.70. The Hall–Kier alpha value is -3.26. The van der Waals surface area contributed by atoms with Crippen LogP contribution in [-0.2, 0) is 5.54 Å². The summed E-state index contributed by atoms with van der Waals surface area (Å²) in [7, 11) is 0. The van der Waals surface area contributed by atoms with Crippen LogP contribution < -0.4 is 4.90 Å².